The van der Waals surface area contributed by atoms with Gasteiger partial charge in [-0.3, -0.25) is 4.79 Å². The van der Waals surface area contributed by atoms with Crippen LogP contribution in [0.1, 0.15) is 65.6 Å². The second kappa shape index (κ2) is 8.12. The van der Waals surface area contributed by atoms with E-state index in [9.17, 15) is 9.90 Å². The van der Waals surface area contributed by atoms with Crippen LogP contribution in [0.15, 0.2) is 24.4 Å². The summed E-state index contributed by atoms with van der Waals surface area (Å²) in [5.41, 5.74) is 1.11. The van der Waals surface area contributed by atoms with E-state index in [1.807, 2.05) is 4.40 Å². The number of ketones is 1. The number of carbonyl (C=O) groups is 1. The summed E-state index contributed by atoms with van der Waals surface area (Å²) in [4.78, 5) is 13.0. The van der Waals surface area contributed by atoms with E-state index in [4.69, 9.17) is 20.5 Å². The quantitative estimate of drug-likeness (QED) is 0.709. The zero-order valence-corrected chi connectivity index (χ0v) is 15.9. The minimum atomic E-state index is -2.45. The van der Waals surface area contributed by atoms with Gasteiger partial charge < -0.3 is 14.2 Å². The lowest BCUT2D eigenvalue weighted by atomic mass is 9.76. The summed E-state index contributed by atoms with van der Waals surface area (Å²) in [5.74, 6) is 0.406. The Morgan fingerprint density at radius 1 is 1.58 bits per heavy atom. The van der Waals surface area contributed by atoms with Crippen molar-refractivity contribution in [3.63, 3.8) is 0 Å². The van der Waals surface area contributed by atoms with E-state index in [1.54, 1.807) is 24.4 Å². The monoisotopic (exact) mass is 380 g/mol. The normalized spacial score (nSPS) is 25.7. The second-order valence-electron chi connectivity index (χ2n) is 7.57. The fraction of sp³-hybridized carbons (Fsp3) is 0.571. The van der Waals surface area contributed by atoms with Gasteiger partial charge in [-0.05, 0) is 43.4 Å². The number of methoxy groups -OCH3 is 1. The standard InChI is InChI=1S/C21H28ClNO3/c1-15-5-3-9-21(25,14-15)10-7-19(24)17-13-16(8-12-26-2)23-11-4-6-18(22)20(17)23/h4,6,11,13,15,25H,3,5,7-10,12,14H2,1-2H3/i2D3. The number of nitrogens with zero attached hydrogens (tertiary/aromatic N) is 1. The van der Waals surface area contributed by atoms with E-state index >= 15 is 0 Å². The molecule has 0 aliphatic heterocycles. The summed E-state index contributed by atoms with van der Waals surface area (Å²) < 4.78 is 28.2. The van der Waals surface area contributed by atoms with Crippen molar-refractivity contribution in [2.45, 2.75) is 57.5 Å². The molecule has 0 aromatic carbocycles. The number of hydrogen-bond donors (Lipinski definition) is 1. The maximum atomic E-state index is 13.0. The van der Waals surface area contributed by atoms with Crippen molar-refractivity contribution < 1.29 is 18.8 Å². The van der Waals surface area contributed by atoms with Crippen LogP contribution in [0.3, 0.4) is 0 Å². The number of hydrogen-bond acceptors (Lipinski definition) is 3. The summed E-state index contributed by atoms with van der Waals surface area (Å²) >= 11 is 6.38. The molecule has 0 radical (unpaired) electrons. The summed E-state index contributed by atoms with van der Waals surface area (Å²) in [6, 6.07) is 5.27. The van der Waals surface area contributed by atoms with Crippen molar-refractivity contribution in [1.29, 1.82) is 0 Å². The Morgan fingerprint density at radius 2 is 2.42 bits per heavy atom. The van der Waals surface area contributed by atoms with Gasteiger partial charge in [-0.25, -0.2) is 0 Å². The maximum Gasteiger partial charge on any atom is 0.165 e. The molecule has 2 unspecified atom stereocenters. The van der Waals surface area contributed by atoms with Crippen LogP contribution in [0.25, 0.3) is 5.52 Å². The molecule has 0 spiro atoms. The van der Waals surface area contributed by atoms with Crippen molar-refractivity contribution in [2.24, 2.45) is 5.92 Å². The first kappa shape index (κ1) is 15.7. The highest BCUT2D eigenvalue weighted by Crippen LogP contribution is 2.36. The van der Waals surface area contributed by atoms with Gasteiger partial charge in [-0.2, -0.15) is 0 Å². The van der Waals surface area contributed by atoms with Gasteiger partial charge in [0.2, 0.25) is 0 Å². The molecule has 1 N–H and O–H groups in total. The third-order valence-corrected chi connectivity index (χ3v) is 5.77. The first-order valence-electron chi connectivity index (χ1n) is 10.8. The molecule has 1 aliphatic carbocycles. The summed E-state index contributed by atoms with van der Waals surface area (Å²) in [6.07, 6.45) is 6.41. The lowest BCUT2D eigenvalue weighted by Gasteiger charge is -2.35. The molecule has 1 fully saturated rings. The number of fused-ring (bicyclic) bond motifs is 1. The molecule has 0 bridgehead atoms. The number of pyridine rings is 1. The number of carbonyl (C=O) groups excluding carboxylic acids is 1. The van der Waals surface area contributed by atoms with Gasteiger partial charge in [-0.15, -0.1) is 0 Å². The van der Waals surface area contributed by atoms with Crippen LogP contribution in [0.5, 0.6) is 0 Å². The predicted octanol–water partition coefficient (Wildman–Crippen LogP) is 4.69. The molecule has 2 heterocycles. The van der Waals surface area contributed by atoms with Crippen molar-refractivity contribution in [1.82, 2.24) is 4.40 Å². The van der Waals surface area contributed by atoms with Gasteiger partial charge in [0.15, 0.2) is 5.78 Å². The molecule has 5 heteroatoms. The molecule has 3 rings (SSSR count). The lowest BCUT2D eigenvalue weighted by Crippen LogP contribution is -2.35. The molecule has 26 heavy (non-hydrogen) atoms. The Morgan fingerprint density at radius 3 is 3.19 bits per heavy atom. The SMILES string of the molecule is [2H]C([2H])([2H])OCCc1cc(C(=O)CCC2(O)CCCC(C)C2)c2c(Cl)cccn12. The summed E-state index contributed by atoms with van der Waals surface area (Å²) in [5, 5.41) is 11.3. The van der Waals surface area contributed by atoms with Gasteiger partial charge in [0.25, 0.3) is 0 Å². The first-order chi connectivity index (χ1) is 13.6. The van der Waals surface area contributed by atoms with Crippen LogP contribution in [-0.2, 0) is 11.2 Å². The third-order valence-electron chi connectivity index (χ3n) is 5.47. The number of rotatable bonds is 7. The van der Waals surface area contributed by atoms with E-state index in [1.165, 1.54) is 0 Å². The Kier molecular flexibility index (Phi) is 4.89. The fourth-order valence-electron chi connectivity index (χ4n) is 4.19. The minimum absolute atomic E-state index is 0.0143. The molecule has 2 aromatic rings. The highest BCUT2D eigenvalue weighted by molar-refractivity contribution is 6.35. The Labute approximate surface area is 164 Å². The molecule has 2 atom stereocenters. The fourth-order valence-corrected chi connectivity index (χ4v) is 4.45. The van der Waals surface area contributed by atoms with Crippen LogP contribution in [-0.4, -0.2) is 34.5 Å². The highest BCUT2D eigenvalue weighted by atomic mass is 35.5. The van der Waals surface area contributed by atoms with Crippen LogP contribution in [0.4, 0.5) is 0 Å². The zero-order chi connectivity index (χ0) is 21.2. The molecule has 142 valence electrons. The van der Waals surface area contributed by atoms with E-state index < -0.39 is 12.6 Å². The topological polar surface area (TPSA) is 50.9 Å². The van der Waals surface area contributed by atoms with E-state index in [0.717, 1.165) is 31.4 Å². The molecule has 4 nitrogen and oxygen atoms in total. The van der Waals surface area contributed by atoms with Crippen LogP contribution in [0, 0.1) is 5.92 Å². The molecule has 0 amide bonds. The number of ether oxygens (including phenoxy) is 1. The number of Topliss-reactive ketones (excluding diaryl/α,β-unsaturated/α-hetero) is 1. The highest BCUT2D eigenvalue weighted by Gasteiger charge is 2.33. The zero-order valence-electron chi connectivity index (χ0n) is 18.1. The number of halogens is 1. The van der Waals surface area contributed by atoms with Crippen molar-refractivity contribution in [3.8, 4) is 0 Å². The van der Waals surface area contributed by atoms with Crippen molar-refractivity contribution >= 4 is 22.9 Å². The first-order valence-corrected chi connectivity index (χ1v) is 9.64. The Bertz CT molecular complexity index is 880. The van der Waals surface area contributed by atoms with E-state index in [0.29, 0.717) is 34.9 Å². The average Bonchev–Trinajstić information content (AvgIpc) is 2.99. The van der Waals surface area contributed by atoms with Crippen molar-refractivity contribution in [2.75, 3.05) is 13.6 Å². The Hall–Kier alpha value is -1.36. The van der Waals surface area contributed by atoms with Gasteiger partial charge >= 0.3 is 0 Å². The largest absolute Gasteiger partial charge is 0.390 e. The molecule has 0 saturated heterocycles. The molecular formula is C21H28ClNO3. The number of aliphatic hydroxyl groups is 1. The van der Waals surface area contributed by atoms with Crippen LogP contribution >= 0.6 is 11.6 Å². The molecular weight excluding hydrogens is 350 g/mol. The van der Waals surface area contributed by atoms with Gasteiger partial charge in [0.05, 0.1) is 26.9 Å². The van der Waals surface area contributed by atoms with Gasteiger partial charge in [0.1, 0.15) is 0 Å². The molecule has 2 aromatic heterocycles. The van der Waals surface area contributed by atoms with E-state index in [2.05, 4.69) is 6.92 Å². The molecule has 1 aliphatic rings. The van der Waals surface area contributed by atoms with E-state index in [-0.39, 0.29) is 18.8 Å². The second-order valence-corrected chi connectivity index (χ2v) is 7.98. The summed E-state index contributed by atoms with van der Waals surface area (Å²) in [6.45, 7) is 2.15. The predicted molar refractivity (Wildman–Crippen MR) is 104 cm³/mol. The maximum absolute atomic E-state index is 13.0. The molecule has 1 saturated carbocycles. The van der Waals surface area contributed by atoms with Gasteiger partial charge in [-0.1, -0.05) is 31.4 Å². The third kappa shape index (κ3) is 4.13. The number of aromatic nitrogens is 1. The smallest absolute Gasteiger partial charge is 0.165 e. The van der Waals surface area contributed by atoms with Gasteiger partial charge in [0, 0.05) is 37.3 Å². The van der Waals surface area contributed by atoms with Crippen LogP contribution in [0.2, 0.25) is 5.02 Å². The lowest BCUT2D eigenvalue weighted by molar-refractivity contribution is -0.0204. The Balaban J connectivity index is 1.78. The minimum Gasteiger partial charge on any atom is -0.390 e. The summed E-state index contributed by atoms with van der Waals surface area (Å²) in [7, 11) is -2.45. The van der Waals surface area contributed by atoms with Crippen LogP contribution < -0.4 is 0 Å². The average molecular weight is 381 g/mol. The van der Waals surface area contributed by atoms with Crippen molar-refractivity contribution in [3.05, 3.63) is 40.7 Å².